The van der Waals surface area contributed by atoms with Crippen LogP contribution in [0.5, 0.6) is 5.75 Å². The molecule has 1 rings (SSSR count). The molecule has 0 heterocycles. The summed E-state index contributed by atoms with van der Waals surface area (Å²) in [6.45, 7) is 5.79. The second kappa shape index (κ2) is 5.82. The molecule has 0 saturated heterocycles. The zero-order chi connectivity index (χ0) is 13.0. The Bertz CT molecular complexity index is 411. The van der Waals surface area contributed by atoms with E-state index in [1.807, 2.05) is 32.9 Å². The maximum atomic E-state index is 12.0. The summed E-state index contributed by atoms with van der Waals surface area (Å²) >= 11 is 0. The first-order valence-corrected chi connectivity index (χ1v) is 5.89. The van der Waals surface area contributed by atoms with Crippen LogP contribution < -0.4 is 10.5 Å². The largest absolute Gasteiger partial charge is 0.496 e. The fourth-order valence-electron chi connectivity index (χ4n) is 1.80. The predicted molar refractivity (Wildman–Crippen MR) is 69.7 cm³/mol. The van der Waals surface area contributed by atoms with E-state index < -0.39 is 0 Å². The van der Waals surface area contributed by atoms with Gasteiger partial charge in [0.05, 0.1) is 7.11 Å². The van der Waals surface area contributed by atoms with E-state index in [0.717, 1.165) is 28.9 Å². The Morgan fingerprint density at radius 2 is 2.00 bits per heavy atom. The van der Waals surface area contributed by atoms with Gasteiger partial charge in [0.15, 0.2) is 5.78 Å². The minimum atomic E-state index is 0.0681. The molecule has 0 fully saturated rings. The molecule has 0 aliphatic carbocycles. The van der Waals surface area contributed by atoms with Gasteiger partial charge >= 0.3 is 0 Å². The third-order valence-corrected chi connectivity index (χ3v) is 2.87. The van der Waals surface area contributed by atoms with Gasteiger partial charge in [-0.05, 0) is 50.5 Å². The van der Waals surface area contributed by atoms with E-state index in [2.05, 4.69) is 0 Å². The highest BCUT2D eigenvalue weighted by molar-refractivity contribution is 5.97. The lowest BCUT2D eigenvalue weighted by atomic mass is 9.97. The van der Waals surface area contributed by atoms with Crippen LogP contribution in [0.1, 0.15) is 41.3 Å². The topological polar surface area (TPSA) is 52.3 Å². The number of ketones is 1. The van der Waals surface area contributed by atoms with Crippen LogP contribution in [0, 0.1) is 13.8 Å². The second-order valence-electron chi connectivity index (χ2n) is 4.58. The number of Topliss-reactive ketones (excluding diaryl/α,β-unsaturated/α-hetero) is 1. The van der Waals surface area contributed by atoms with Gasteiger partial charge in [0.2, 0.25) is 0 Å². The summed E-state index contributed by atoms with van der Waals surface area (Å²) in [7, 11) is 1.64. The van der Waals surface area contributed by atoms with E-state index in [1.165, 1.54) is 0 Å². The van der Waals surface area contributed by atoms with Gasteiger partial charge in [0.25, 0.3) is 0 Å². The lowest BCUT2D eigenvalue weighted by molar-refractivity contribution is 0.0977. The first-order chi connectivity index (χ1) is 7.95. The number of aryl methyl sites for hydroxylation is 2. The number of carbonyl (C=O) groups is 1. The molecule has 1 aromatic carbocycles. The molecule has 1 aromatic rings. The van der Waals surface area contributed by atoms with E-state index >= 15 is 0 Å². The number of hydrogen-bond acceptors (Lipinski definition) is 3. The minimum absolute atomic E-state index is 0.0681. The maximum absolute atomic E-state index is 12.0. The van der Waals surface area contributed by atoms with Crippen molar-refractivity contribution in [2.24, 2.45) is 5.73 Å². The van der Waals surface area contributed by atoms with Gasteiger partial charge in [-0.2, -0.15) is 0 Å². The number of benzene rings is 1. The molecule has 0 saturated carbocycles. The van der Waals surface area contributed by atoms with Crippen LogP contribution in [-0.4, -0.2) is 18.9 Å². The van der Waals surface area contributed by atoms with Crippen molar-refractivity contribution in [2.45, 2.75) is 39.7 Å². The van der Waals surface area contributed by atoms with Crippen molar-refractivity contribution < 1.29 is 9.53 Å². The molecule has 2 N–H and O–H groups in total. The Balaban J connectivity index is 2.91. The van der Waals surface area contributed by atoms with Gasteiger partial charge < -0.3 is 10.5 Å². The first kappa shape index (κ1) is 13.7. The highest BCUT2D eigenvalue weighted by Gasteiger charge is 2.12. The Morgan fingerprint density at radius 1 is 1.35 bits per heavy atom. The van der Waals surface area contributed by atoms with Crippen LogP contribution in [0.15, 0.2) is 12.1 Å². The normalized spacial score (nSPS) is 12.3. The molecule has 0 aliphatic rings. The summed E-state index contributed by atoms with van der Waals surface area (Å²) in [6.07, 6.45) is 1.23. The molecule has 1 atom stereocenters. The van der Waals surface area contributed by atoms with Gasteiger partial charge in [-0.3, -0.25) is 4.79 Å². The molecule has 0 bridgehead atoms. The highest BCUT2D eigenvalue weighted by Crippen LogP contribution is 2.23. The predicted octanol–water partition coefficient (Wildman–Crippen LogP) is 2.62. The molecule has 0 aliphatic heterocycles. The number of rotatable bonds is 5. The van der Waals surface area contributed by atoms with Crippen LogP contribution in [0.2, 0.25) is 0 Å². The summed E-state index contributed by atoms with van der Waals surface area (Å²) in [5.74, 6) is 0.983. The fourth-order valence-corrected chi connectivity index (χ4v) is 1.80. The number of methoxy groups -OCH3 is 1. The number of carbonyl (C=O) groups excluding carboxylic acids is 1. The van der Waals surface area contributed by atoms with Crippen LogP contribution >= 0.6 is 0 Å². The quantitative estimate of drug-likeness (QED) is 0.798. The Kier molecular flexibility index (Phi) is 4.70. The van der Waals surface area contributed by atoms with Crippen molar-refractivity contribution in [2.75, 3.05) is 7.11 Å². The maximum Gasteiger partial charge on any atom is 0.163 e. The zero-order valence-corrected chi connectivity index (χ0v) is 11.0. The van der Waals surface area contributed by atoms with Crippen molar-refractivity contribution >= 4 is 5.78 Å². The van der Waals surface area contributed by atoms with Crippen molar-refractivity contribution in [1.29, 1.82) is 0 Å². The third-order valence-electron chi connectivity index (χ3n) is 2.87. The average Bonchev–Trinajstić information content (AvgIpc) is 2.28. The summed E-state index contributed by atoms with van der Waals surface area (Å²) in [6, 6.07) is 3.88. The Labute approximate surface area is 103 Å². The Hall–Kier alpha value is -1.35. The van der Waals surface area contributed by atoms with Gasteiger partial charge in [0.1, 0.15) is 5.75 Å². The van der Waals surface area contributed by atoms with Gasteiger partial charge in [0, 0.05) is 18.0 Å². The summed E-state index contributed by atoms with van der Waals surface area (Å²) in [5.41, 5.74) is 8.39. The molecular weight excluding hydrogens is 214 g/mol. The Morgan fingerprint density at radius 3 is 2.53 bits per heavy atom. The average molecular weight is 235 g/mol. The van der Waals surface area contributed by atoms with Crippen molar-refractivity contribution in [3.05, 3.63) is 28.8 Å². The molecular formula is C14H21NO2. The lowest BCUT2D eigenvalue weighted by Gasteiger charge is -2.11. The minimum Gasteiger partial charge on any atom is -0.496 e. The third kappa shape index (κ3) is 3.56. The van der Waals surface area contributed by atoms with Crippen LogP contribution in [0.3, 0.4) is 0 Å². The zero-order valence-electron chi connectivity index (χ0n) is 11.0. The lowest BCUT2D eigenvalue weighted by Crippen LogP contribution is -2.16. The summed E-state index contributed by atoms with van der Waals surface area (Å²) in [4.78, 5) is 12.0. The molecule has 0 aromatic heterocycles. The molecule has 17 heavy (non-hydrogen) atoms. The first-order valence-electron chi connectivity index (χ1n) is 5.89. The fraction of sp³-hybridized carbons (Fsp3) is 0.500. The van der Waals surface area contributed by atoms with Crippen LogP contribution in [0.4, 0.5) is 0 Å². The number of ether oxygens (including phenoxy) is 1. The SMILES string of the molecule is COc1cc(C)c(C(=O)CCC(C)N)cc1C. The standard InChI is InChI=1S/C14H21NO2/c1-9-8-14(17-4)10(2)7-12(9)13(16)6-5-11(3)15/h7-8,11H,5-6,15H2,1-4H3. The monoisotopic (exact) mass is 235 g/mol. The van der Waals surface area contributed by atoms with Crippen molar-refractivity contribution in [3.8, 4) is 5.75 Å². The van der Waals surface area contributed by atoms with Crippen LogP contribution in [-0.2, 0) is 0 Å². The van der Waals surface area contributed by atoms with Crippen molar-refractivity contribution in [1.82, 2.24) is 0 Å². The molecule has 0 spiro atoms. The van der Waals surface area contributed by atoms with E-state index in [4.69, 9.17) is 10.5 Å². The molecule has 3 heteroatoms. The van der Waals surface area contributed by atoms with Gasteiger partial charge in [-0.1, -0.05) is 0 Å². The molecule has 0 amide bonds. The van der Waals surface area contributed by atoms with E-state index in [0.29, 0.717) is 6.42 Å². The molecule has 1 unspecified atom stereocenters. The van der Waals surface area contributed by atoms with Crippen LogP contribution in [0.25, 0.3) is 0 Å². The summed E-state index contributed by atoms with van der Waals surface area (Å²) in [5, 5.41) is 0. The number of hydrogen-bond donors (Lipinski definition) is 1. The molecule has 0 radical (unpaired) electrons. The molecule has 94 valence electrons. The number of nitrogens with two attached hydrogens (primary N) is 1. The second-order valence-corrected chi connectivity index (χ2v) is 4.58. The van der Waals surface area contributed by atoms with E-state index in [9.17, 15) is 4.79 Å². The van der Waals surface area contributed by atoms with Gasteiger partial charge in [-0.15, -0.1) is 0 Å². The molecule has 3 nitrogen and oxygen atoms in total. The van der Waals surface area contributed by atoms with Gasteiger partial charge in [-0.25, -0.2) is 0 Å². The highest BCUT2D eigenvalue weighted by atomic mass is 16.5. The van der Waals surface area contributed by atoms with E-state index in [-0.39, 0.29) is 11.8 Å². The summed E-state index contributed by atoms with van der Waals surface area (Å²) < 4.78 is 5.23. The smallest absolute Gasteiger partial charge is 0.163 e. The van der Waals surface area contributed by atoms with Crippen molar-refractivity contribution in [3.63, 3.8) is 0 Å². The van der Waals surface area contributed by atoms with E-state index in [1.54, 1.807) is 7.11 Å².